The minimum Gasteiger partial charge on any atom is -0.465 e. The predicted octanol–water partition coefficient (Wildman–Crippen LogP) is 2.90. The average Bonchev–Trinajstić information content (AvgIpc) is 3.19. The number of hydrogen-bond acceptors (Lipinski definition) is 5. The molecule has 0 saturated heterocycles. The van der Waals surface area contributed by atoms with Crippen molar-refractivity contribution in [3.63, 3.8) is 0 Å². The summed E-state index contributed by atoms with van der Waals surface area (Å²) in [6, 6.07) is 5.54. The predicted molar refractivity (Wildman–Crippen MR) is 87.5 cm³/mol. The molecule has 0 aliphatic carbocycles. The van der Waals surface area contributed by atoms with Gasteiger partial charge < -0.3 is 19.7 Å². The fourth-order valence-corrected chi connectivity index (χ4v) is 3.69. The Balaban J connectivity index is 1.78. The Morgan fingerprint density at radius 1 is 1.50 bits per heavy atom. The zero-order valence-corrected chi connectivity index (χ0v) is 13.3. The van der Waals surface area contributed by atoms with E-state index in [1.807, 2.05) is 0 Å². The molecule has 0 radical (unpaired) electrons. The highest BCUT2D eigenvalue weighted by atomic mass is 32.1. The van der Waals surface area contributed by atoms with Crippen molar-refractivity contribution >= 4 is 34.4 Å². The minimum atomic E-state index is -0.987. The number of rotatable bonds is 3. The SMILES string of the molecule is N#Cc1c(NC(=O)C=Cc2ccco2)sc2c1CCN(C(=O)O)C2. The van der Waals surface area contributed by atoms with E-state index in [2.05, 4.69) is 11.4 Å². The molecule has 0 atom stereocenters. The third-order valence-corrected chi connectivity index (χ3v) is 4.75. The lowest BCUT2D eigenvalue weighted by Gasteiger charge is -2.23. The lowest BCUT2D eigenvalue weighted by molar-refractivity contribution is -0.111. The quantitative estimate of drug-likeness (QED) is 0.833. The second kappa shape index (κ2) is 6.60. The van der Waals surface area contributed by atoms with E-state index in [1.54, 1.807) is 12.1 Å². The summed E-state index contributed by atoms with van der Waals surface area (Å²) in [5, 5.41) is 21.6. The van der Waals surface area contributed by atoms with Crippen LogP contribution < -0.4 is 5.32 Å². The monoisotopic (exact) mass is 343 g/mol. The van der Waals surface area contributed by atoms with Gasteiger partial charge in [0.05, 0.1) is 18.4 Å². The molecule has 8 heteroatoms. The van der Waals surface area contributed by atoms with Crippen LogP contribution >= 0.6 is 11.3 Å². The Morgan fingerprint density at radius 3 is 3.00 bits per heavy atom. The summed E-state index contributed by atoms with van der Waals surface area (Å²) in [6.45, 7) is 0.585. The number of amides is 2. The maximum atomic E-state index is 12.0. The number of carboxylic acid groups (broad SMARTS) is 1. The number of nitriles is 1. The van der Waals surface area contributed by atoms with E-state index in [1.165, 1.54) is 34.7 Å². The highest BCUT2D eigenvalue weighted by molar-refractivity contribution is 7.16. The Morgan fingerprint density at radius 2 is 2.33 bits per heavy atom. The lowest BCUT2D eigenvalue weighted by Crippen LogP contribution is -2.34. The standard InChI is InChI=1S/C16H13N3O4S/c17-8-12-11-5-6-19(16(21)22)9-13(11)24-15(12)18-14(20)4-3-10-2-1-7-23-10/h1-4,7H,5-6,9H2,(H,18,20)(H,21,22). The first-order valence-corrected chi connectivity index (χ1v) is 7.95. The van der Waals surface area contributed by atoms with Gasteiger partial charge in [-0.05, 0) is 30.2 Å². The highest BCUT2D eigenvalue weighted by Crippen LogP contribution is 2.36. The van der Waals surface area contributed by atoms with Crippen molar-refractivity contribution in [3.8, 4) is 6.07 Å². The molecule has 2 N–H and O–H groups in total. The van der Waals surface area contributed by atoms with E-state index in [9.17, 15) is 14.9 Å². The fourth-order valence-electron chi connectivity index (χ4n) is 2.47. The Bertz CT molecular complexity index is 846. The molecular weight excluding hydrogens is 330 g/mol. The Hall–Kier alpha value is -3.05. The number of nitrogens with zero attached hydrogens (tertiary/aromatic N) is 2. The first-order chi connectivity index (χ1) is 11.6. The van der Waals surface area contributed by atoms with Crippen LogP contribution in [0.1, 0.15) is 21.8 Å². The van der Waals surface area contributed by atoms with Gasteiger partial charge in [-0.2, -0.15) is 5.26 Å². The molecule has 7 nitrogen and oxygen atoms in total. The summed E-state index contributed by atoms with van der Waals surface area (Å²) in [6.07, 6.45) is 3.84. The molecule has 0 unspecified atom stereocenters. The zero-order valence-electron chi connectivity index (χ0n) is 12.5. The van der Waals surface area contributed by atoms with Crippen LogP contribution in [0.4, 0.5) is 9.80 Å². The molecule has 3 rings (SSSR count). The minimum absolute atomic E-state index is 0.238. The van der Waals surface area contributed by atoms with Gasteiger partial charge in [0, 0.05) is 17.5 Å². The number of thiophene rings is 1. The molecule has 3 heterocycles. The third kappa shape index (κ3) is 3.16. The van der Waals surface area contributed by atoms with Gasteiger partial charge in [-0.25, -0.2) is 4.79 Å². The Labute approximate surface area is 141 Å². The first-order valence-electron chi connectivity index (χ1n) is 7.13. The highest BCUT2D eigenvalue weighted by Gasteiger charge is 2.27. The fraction of sp³-hybridized carbons (Fsp3) is 0.188. The summed E-state index contributed by atoms with van der Waals surface area (Å²) >= 11 is 1.24. The second-order valence-electron chi connectivity index (χ2n) is 5.11. The van der Waals surface area contributed by atoms with E-state index in [0.29, 0.717) is 29.3 Å². The van der Waals surface area contributed by atoms with Crippen molar-refractivity contribution in [2.75, 3.05) is 11.9 Å². The van der Waals surface area contributed by atoms with Crippen molar-refractivity contribution in [3.05, 3.63) is 46.2 Å². The summed E-state index contributed by atoms with van der Waals surface area (Å²) in [5.41, 5.74) is 1.24. The van der Waals surface area contributed by atoms with Crippen LogP contribution in [0, 0.1) is 11.3 Å². The van der Waals surface area contributed by atoms with Gasteiger partial charge in [0.25, 0.3) is 0 Å². The third-order valence-electron chi connectivity index (χ3n) is 3.62. The summed E-state index contributed by atoms with van der Waals surface area (Å²) in [7, 11) is 0. The van der Waals surface area contributed by atoms with Crippen LogP contribution in [-0.2, 0) is 17.8 Å². The van der Waals surface area contributed by atoms with Crippen LogP contribution in [-0.4, -0.2) is 28.6 Å². The molecule has 1 aliphatic heterocycles. The van der Waals surface area contributed by atoms with E-state index in [-0.39, 0.29) is 12.5 Å². The molecular formula is C16H13N3O4S. The van der Waals surface area contributed by atoms with E-state index in [0.717, 1.165) is 10.4 Å². The van der Waals surface area contributed by atoms with E-state index >= 15 is 0 Å². The average molecular weight is 343 g/mol. The lowest BCUT2D eigenvalue weighted by atomic mass is 10.0. The van der Waals surface area contributed by atoms with Crippen LogP contribution in [0.5, 0.6) is 0 Å². The van der Waals surface area contributed by atoms with Gasteiger partial charge in [0.15, 0.2) is 0 Å². The molecule has 122 valence electrons. The van der Waals surface area contributed by atoms with Crippen molar-refractivity contribution in [1.82, 2.24) is 4.90 Å². The maximum Gasteiger partial charge on any atom is 0.407 e. The van der Waals surface area contributed by atoms with Crippen molar-refractivity contribution < 1.29 is 19.1 Å². The van der Waals surface area contributed by atoms with Crippen LogP contribution in [0.3, 0.4) is 0 Å². The van der Waals surface area contributed by atoms with Gasteiger partial charge in [0.2, 0.25) is 5.91 Å². The van der Waals surface area contributed by atoms with Crippen LogP contribution in [0.25, 0.3) is 6.08 Å². The van der Waals surface area contributed by atoms with E-state index in [4.69, 9.17) is 9.52 Å². The molecule has 2 aromatic heterocycles. The number of hydrogen-bond donors (Lipinski definition) is 2. The normalized spacial score (nSPS) is 13.5. The number of nitrogens with one attached hydrogen (secondary N) is 1. The molecule has 0 saturated carbocycles. The number of carbonyl (C=O) groups is 2. The van der Waals surface area contributed by atoms with Crippen LogP contribution in [0.2, 0.25) is 0 Å². The van der Waals surface area contributed by atoms with Gasteiger partial charge in [-0.3, -0.25) is 4.79 Å². The van der Waals surface area contributed by atoms with Crippen molar-refractivity contribution in [2.24, 2.45) is 0 Å². The van der Waals surface area contributed by atoms with Gasteiger partial charge in [-0.15, -0.1) is 11.3 Å². The number of anilines is 1. The van der Waals surface area contributed by atoms with Crippen molar-refractivity contribution in [1.29, 1.82) is 5.26 Å². The zero-order chi connectivity index (χ0) is 17.1. The molecule has 2 aromatic rings. The summed E-state index contributed by atoms with van der Waals surface area (Å²) in [4.78, 5) is 25.2. The smallest absolute Gasteiger partial charge is 0.407 e. The van der Waals surface area contributed by atoms with E-state index < -0.39 is 6.09 Å². The molecule has 0 fully saturated rings. The molecule has 1 aliphatic rings. The molecule has 2 amide bonds. The summed E-state index contributed by atoms with van der Waals surface area (Å²) < 4.78 is 5.10. The molecule has 0 aromatic carbocycles. The molecule has 0 bridgehead atoms. The molecule has 0 spiro atoms. The van der Waals surface area contributed by atoms with Gasteiger partial charge in [-0.1, -0.05) is 0 Å². The number of fused-ring (bicyclic) bond motifs is 1. The number of carbonyl (C=O) groups excluding carboxylic acids is 1. The van der Waals surface area contributed by atoms with Crippen molar-refractivity contribution in [2.45, 2.75) is 13.0 Å². The largest absolute Gasteiger partial charge is 0.465 e. The Kier molecular flexibility index (Phi) is 4.35. The van der Waals surface area contributed by atoms with Gasteiger partial charge >= 0.3 is 6.09 Å². The van der Waals surface area contributed by atoms with Gasteiger partial charge in [0.1, 0.15) is 16.8 Å². The first kappa shape index (κ1) is 15.8. The second-order valence-corrected chi connectivity index (χ2v) is 6.22. The summed E-state index contributed by atoms with van der Waals surface area (Å²) in [5.74, 6) is 0.171. The van der Waals surface area contributed by atoms with Crippen LogP contribution in [0.15, 0.2) is 28.9 Å². The maximum absolute atomic E-state index is 12.0. The topological polar surface area (TPSA) is 107 Å². The molecule has 24 heavy (non-hydrogen) atoms. The number of furan rings is 1.